The van der Waals surface area contributed by atoms with Crippen molar-refractivity contribution in [3.05, 3.63) is 41.7 Å². The second kappa shape index (κ2) is 11.2. The zero-order valence-corrected chi connectivity index (χ0v) is 20.7. The number of nitrogens with zero attached hydrogens (tertiary/aromatic N) is 2. The number of thioether (sulfide) groups is 1. The summed E-state index contributed by atoms with van der Waals surface area (Å²) in [6.07, 6.45) is 3.41. The highest BCUT2D eigenvalue weighted by atomic mass is 32.2. The minimum absolute atomic E-state index is 0.0342. The van der Waals surface area contributed by atoms with Gasteiger partial charge < -0.3 is 15.4 Å². The van der Waals surface area contributed by atoms with Crippen LogP contribution in [0.1, 0.15) is 45.0 Å². The number of aliphatic imine (C=N–C) groups is 1. The van der Waals surface area contributed by atoms with Crippen LogP contribution < -0.4 is 10.6 Å². The summed E-state index contributed by atoms with van der Waals surface area (Å²) in [7, 11) is 0. The lowest BCUT2D eigenvalue weighted by molar-refractivity contribution is -0.153. The molecular weight excluding hydrogens is 460 g/mol. The lowest BCUT2D eigenvalue weighted by Crippen LogP contribution is -2.53. The number of rotatable bonds is 4. The SMILES string of the molecule is CC(C)[C@@H]1NC(=O)[C@]2(C)CSC(=N2)c2cccc(n2)CNC(=O)CC(/C=C/CCS)OC1=O. The predicted octanol–water partition coefficient (Wildman–Crippen LogP) is 2.28. The molecule has 3 heterocycles. The van der Waals surface area contributed by atoms with Crippen molar-refractivity contribution in [1.29, 1.82) is 0 Å². The number of aromatic nitrogens is 1. The van der Waals surface area contributed by atoms with Crippen LogP contribution in [0.4, 0.5) is 0 Å². The molecule has 2 aliphatic rings. The van der Waals surface area contributed by atoms with Crippen LogP contribution in [0.25, 0.3) is 0 Å². The van der Waals surface area contributed by atoms with Crippen molar-refractivity contribution in [2.45, 2.75) is 57.8 Å². The zero-order valence-electron chi connectivity index (χ0n) is 19.0. The molecule has 1 unspecified atom stereocenters. The van der Waals surface area contributed by atoms with Gasteiger partial charge in [-0.05, 0) is 43.2 Å². The number of fused-ring (bicyclic) bond motifs is 4. The van der Waals surface area contributed by atoms with Crippen LogP contribution in [0.15, 0.2) is 35.3 Å². The molecule has 0 aromatic carbocycles. The maximum Gasteiger partial charge on any atom is 0.329 e. The highest BCUT2D eigenvalue weighted by Gasteiger charge is 2.41. The maximum atomic E-state index is 13.2. The molecule has 8 nitrogen and oxygen atoms in total. The zero-order chi connectivity index (χ0) is 24.0. The van der Waals surface area contributed by atoms with Crippen LogP contribution in [0.2, 0.25) is 0 Å². The summed E-state index contributed by atoms with van der Waals surface area (Å²) in [4.78, 5) is 48.0. The number of cyclic esters (lactones) is 1. The Balaban J connectivity index is 1.95. The Morgan fingerprint density at radius 2 is 2.12 bits per heavy atom. The fourth-order valence-electron chi connectivity index (χ4n) is 3.37. The van der Waals surface area contributed by atoms with Crippen LogP contribution in [0.5, 0.6) is 0 Å². The number of ether oxygens (including phenoxy) is 1. The summed E-state index contributed by atoms with van der Waals surface area (Å²) in [5.74, 6) is -0.336. The number of thiol groups is 1. The number of carbonyl (C=O) groups is 3. The van der Waals surface area contributed by atoms with Crippen molar-refractivity contribution >= 4 is 47.2 Å². The van der Waals surface area contributed by atoms with Crippen molar-refractivity contribution in [2.75, 3.05) is 11.5 Å². The van der Waals surface area contributed by atoms with Gasteiger partial charge in [-0.1, -0.05) is 26.0 Å². The average molecular weight is 491 g/mol. The topological polar surface area (TPSA) is 110 Å². The Kier molecular flexibility index (Phi) is 8.58. The van der Waals surface area contributed by atoms with Crippen LogP contribution in [0.3, 0.4) is 0 Å². The number of carbonyl (C=O) groups excluding carboxylic acids is 3. The first-order valence-corrected chi connectivity index (χ1v) is 12.6. The smallest absolute Gasteiger partial charge is 0.329 e. The fourth-order valence-corrected chi connectivity index (χ4v) is 4.66. The Bertz CT molecular complexity index is 966. The summed E-state index contributed by atoms with van der Waals surface area (Å²) in [6, 6.07) is 4.64. The number of hydrogen-bond acceptors (Lipinski definition) is 8. The van der Waals surface area contributed by atoms with E-state index in [-0.39, 0.29) is 30.7 Å². The molecule has 178 valence electrons. The molecule has 0 saturated heterocycles. The largest absolute Gasteiger partial charge is 0.456 e. The van der Waals surface area contributed by atoms with Crippen LogP contribution >= 0.6 is 24.4 Å². The number of pyridine rings is 1. The van der Waals surface area contributed by atoms with Crippen molar-refractivity contribution in [3.63, 3.8) is 0 Å². The van der Waals surface area contributed by atoms with E-state index in [1.54, 1.807) is 13.0 Å². The van der Waals surface area contributed by atoms with E-state index in [0.717, 1.165) is 0 Å². The van der Waals surface area contributed by atoms with E-state index in [0.29, 0.717) is 34.4 Å². The molecule has 0 fully saturated rings. The highest BCUT2D eigenvalue weighted by molar-refractivity contribution is 8.14. The van der Waals surface area contributed by atoms with Crippen molar-refractivity contribution in [1.82, 2.24) is 15.6 Å². The van der Waals surface area contributed by atoms with Gasteiger partial charge in [-0.25, -0.2) is 9.78 Å². The molecule has 4 bridgehead atoms. The van der Waals surface area contributed by atoms with Crippen molar-refractivity contribution in [3.8, 4) is 0 Å². The first kappa shape index (κ1) is 25.3. The molecule has 0 saturated carbocycles. The summed E-state index contributed by atoms with van der Waals surface area (Å²) in [5, 5.41) is 6.33. The quantitative estimate of drug-likeness (QED) is 0.339. The highest BCUT2D eigenvalue weighted by Crippen LogP contribution is 2.31. The summed E-state index contributed by atoms with van der Waals surface area (Å²) < 4.78 is 5.66. The van der Waals surface area contributed by atoms with Gasteiger partial charge in [0.15, 0.2) is 0 Å². The molecule has 2 amide bonds. The van der Waals surface area contributed by atoms with Crippen LogP contribution in [0, 0.1) is 5.92 Å². The number of amides is 2. The van der Waals surface area contributed by atoms with Gasteiger partial charge in [0.25, 0.3) is 0 Å². The molecular formula is C23H30N4O4S2. The first-order valence-electron chi connectivity index (χ1n) is 11.0. The molecule has 2 aliphatic heterocycles. The molecule has 0 radical (unpaired) electrons. The lowest BCUT2D eigenvalue weighted by atomic mass is 10.0. The van der Waals surface area contributed by atoms with Gasteiger partial charge >= 0.3 is 5.97 Å². The molecule has 3 rings (SSSR count). The fraction of sp³-hybridized carbons (Fsp3) is 0.522. The van der Waals surface area contributed by atoms with Gasteiger partial charge in [-0.15, -0.1) is 11.8 Å². The number of esters is 1. The molecule has 1 aromatic heterocycles. The minimum atomic E-state index is -1.03. The van der Waals surface area contributed by atoms with Crippen LogP contribution in [-0.4, -0.2) is 57.0 Å². The van der Waals surface area contributed by atoms with Gasteiger partial charge in [-0.2, -0.15) is 12.6 Å². The second-order valence-electron chi connectivity index (χ2n) is 8.59. The molecule has 1 aromatic rings. The van der Waals surface area contributed by atoms with Gasteiger partial charge in [0, 0.05) is 5.75 Å². The van der Waals surface area contributed by atoms with E-state index >= 15 is 0 Å². The Hall–Kier alpha value is -2.33. The van der Waals surface area contributed by atoms with Gasteiger partial charge in [-0.3, -0.25) is 14.6 Å². The van der Waals surface area contributed by atoms with E-state index in [2.05, 4.69) is 33.2 Å². The monoisotopic (exact) mass is 490 g/mol. The molecule has 2 N–H and O–H groups in total. The number of hydrogen-bond donors (Lipinski definition) is 3. The van der Waals surface area contributed by atoms with Gasteiger partial charge in [0.1, 0.15) is 22.7 Å². The summed E-state index contributed by atoms with van der Waals surface area (Å²) in [5.41, 5.74) is 0.304. The Labute approximate surface area is 203 Å². The standard InChI is InChI=1S/C23H30N4O4S2/c1-14(2)19-21(29)31-16(8-4-5-10-32)11-18(28)24-12-15-7-6-9-17(25-15)20-27-23(3,13-33-20)22(30)26-19/h4,6-9,14,16,19,32H,5,10-13H2,1-3H3,(H,24,28)(H,26,30)/b8-4+/t16?,19-,23-/m0/s1. The minimum Gasteiger partial charge on any atom is -0.456 e. The van der Waals surface area contributed by atoms with E-state index in [1.807, 2.05) is 38.1 Å². The van der Waals surface area contributed by atoms with Gasteiger partial charge in [0.2, 0.25) is 11.8 Å². The van der Waals surface area contributed by atoms with Crippen LogP contribution in [-0.2, 0) is 25.7 Å². The molecule has 0 aliphatic carbocycles. The van der Waals surface area contributed by atoms with E-state index in [4.69, 9.17) is 4.74 Å². The summed E-state index contributed by atoms with van der Waals surface area (Å²) in [6.45, 7) is 5.65. The predicted molar refractivity (Wildman–Crippen MR) is 132 cm³/mol. The van der Waals surface area contributed by atoms with E-state index in [9.17, 15) is 14.4 Å². The summed E-state index contributed by atoms with van der Waals surface area (Å²) >= 11 is 5.63. The first-order chi connectivity index (χ1) is 15.7. The number of allylic oxidation sites excluding steroid dienone is 1. The van der Waals surface area contributed by atoms with Gasteiger partial charge in [0.05, 0.1) is 24.4 Å². The Morgan fingerprint density at radius 3 is 2.85 bits per heavy atom. The van der Waals surface area contributed by atoms with E-state index in [1.165, 1.54) is 11.8 Å². The van der Waals surface area contributed by atoms with Crippen molar-refractivity contribution < 1.29 is 19.1 Å². The Morgan fingerprint density at radius 1 is 1.33 bits per heavy atom. The third-order valence-electron chi connectivity index (χ3n) is 5.33. The molecule has 10 heteroatoms. The normalized spacial score (nSPS) is 26.7. The third-order valence-corrected chi connectivity index (χ3v) is 6.87. The number of nitrogens with one attached hydrogen (secondary N) is 2. The third kappa shape index (κ3) is 6.60. The molecule has 0 spiro atoms. The van der Waals surface area contributed by atoms with Crippen molar-refractivity contribution in [2.24, 2.45) is 10.9 Å². The van der Waals surface area contributed by atoms with E-state index < -0.39 is 23.7 Å². The molecule has 33 heavy (non-hydrogen) atoms. The maximum absolute atomic E-state index is 13.2. The average Bonchev–Trinajstić information content (AvgIpc) is 3.19. The molecule has 3 atom stereocenters. The lowest BCUT2D eigenvalue weighted by Gasteiger charge is -2.27. The second-order valence-corrected chi connectivity index (χ2v) is 10.00.